The molecule has 5 rings (SSSR count). The summed E-state index contributed by atoms with van der Waals surface area (Å²) >= 11 is 0. The highest BCUT2D eigenvalue weighted by Gasteiger charge is 2.17. The fourth-order valence-corrected chi connectivity index (χ4v) is 3.88. The molecule has 0 spiro atoms. The number of H-pyrrole nitrogens is 1. The van der Waals surface area contributed by atoms with Crippen LogP contribution in [0.15, 0.2) is 47.3 Å². The van der Waals surface area contributed by atoms with Crippen LogP contribution in [0.25, 0.3) is 10.9 Å². The van der Waals surface area contributed by atoms with Gasteiger partial charge in [0.25, 0.3) is 5.56 Å². The van der Waals surface area contributed by atoms with Crippen LogP contribution in [0.3, 0.4) is 0 Å². The van der Waals surface area contributed by atoms with Gasteiger partial charge in [-0.3, -0.25) is 4.79 Å². The third-order valence-electron chi connectivity index (χ3n) is 5.59. The van der Waals surface area contributed by atoms with Gasteiger partial charge in [0, 0.05) is 48.0 Å². The lowest BCUT2D eigenvalue weighted by Crippen LogP contribution is -2.35. The largest absolute Gasteiger partial charge is 0.454 e. The number of benzene rings is 2. The Morgan fingerprint density at radius 2 is 1.79 bits per heavy atom. The second-order valence-corrected chi connectivity index (χ2v) is 7.54. The van der Waals surface area contributed by atoms with Crippen molar-refractivity contribution in [2.24, 2.45) is 0 Å². The van der Waals surface area contributed by atoms with E-state index in [0.29, 0.717) is 23.6 Å². The van der Waals surface area contributed by atoms with E-state index in [1.54, 1.807) is 6.07 Å². The average molecular weight is 393 g/mol. The molecule has 29 heavy (non-hydrogen) atoms. The smallest absolute Gasteiger partial charge is 0.253 e. The van der Waals surface area contributed by atoms with Gasteiger partial charge in [0.05, 0.1) is 11.6 Å². The number of aromatic amines is 1. The van der Waals surface area contributed by atoms with Crippen molar-refractivity contribution in [1.29, 1.82) is 0 Å². The van der Waals surface area contributed by atoms with E-state index in [2.05, 4.69) is 27.3 Å². The maximum absolute atomic E-state index is 12.4. The van der Waals surface area contributed by atoms with Gasteiger partial charge in [0.1, 0.15) is 0 Å². The summed E-state index contributed by atoms with van der Waals surface area (Å²) in [6.07, 6.45) is 1.45. The maximum atomic E-state index is 12.4. The summed E-state index contributed by atoms with van der Waals surface area (Å²) in [5, 5.41) is 13.9. The van der Waals surface area contributed by atoms with Crippen LogP contribution in [0.1, 0.15) is 18.4 Å². The Labute approximate surface area is 167 Å². The Morgan fingerprint density at radius 3 is 2.55 bits per heavy atom. The van der Waals surface area contributed by atoms with Crippen molar-refractivity contribution >= 4 is 22.3 Å². The van der Waals surface area contributed by atoms with E-state index in [4.69, 9.17) is 9.47 Å². The van der Waals surface area contributed by atoms with Crippen molar-refractivity contribution in [2.75, 3.05) is 30.1 Å². The third kappa shape index (κ3) is 3.61. The SMILES string of the molecule is O=c1[nH]c2cc3c(cc2cc1CNc1ccc(N2CCC(O)CC2)cc1)OCO3. The van der Waals surface area contributed by atoms with Crippen LogP contribution in [-0.4, -0.2) is 36.1 Å². The molecule has 7 heteroatoms. The lowest BCUT2D eigenvalue weighted by atomic mass is 10.1. The van der Waals surface area contributed by atoms with Gasteiger partial charge in [0.2, 0.25) is 6.79 Å². The lowest BCUT2D eigenvalue weighted by molar-refractivity contribution is 0.145. The molecule has 0 unspecified atom stereocenters. The Bertz CT molecular complexity index is 1090. The summed E-state index contributed by atoms with van der Waals surface area (Å²) in [7, 11) is 0. The number of ether oxygens (including phenoxy) is 2. The van der Waals surface area contributed by atoms with Crippen molar-refractivity contribution in [3.8, 4) is 11.5 Å². The van der Waals surface area contributed by atoms with Crippen molar-refractivity contribution in [1.82, 2.24) is 4.98 Å². The highest BCUT2D eigenvalue weighted by atomic mass is 16.7. The van der Waals surface area contributed by atoms with Crippen molar-refractivity contribution in [2.45, 2.75) is 25.5 Å². The summed E-state index contributed by atoms with van der Waals surface area (Å²) < 4.78 is 10.8. The molecule has 1 fully saturated rings. The summed E-state index contributed by atoms with van der Waals surface area (Å²) in [6.45, 7) is 2.38. The molecule has 3 N–H and O–H groups in total. The molecule has 2 aliphatic heterocycles. The second-order valence-electron chi connectivity index (χ2n) is 7.54. The van der Waals surface area contributed by atoms with Crippen LogP contribution in [0.2, 0.25) is 0 Å². The van der Waals surface area contributed by atoms with Crippen LogP contribution >= 0.6 is 0 Å². The number of aliphatic hydroxyl groups excluding tert-OH is 1. The van der Waals surface area contributed by atoms with Gasteiger partial charge in [-0.1, -0.05) is 0 Å². The fourth-order valence-electron chi connectivity index (χ4n) is 3.88. The third-order valence-corrected chi connectivity index (χ3v) is 5.59. The highest BCUT2D eigenvalue weighted by Crippen LogP contribution is 2.35. The molecule has 2 aromatic carbocycles. The number of nitrogens with one attached hydrogen (secondary N) is 2. The second kappa shape index (κ2) is 7.33. The number of aromatic nitrogens is 1. The summed E-state index contributed by atoms with van der Waals surface area (Å²) in [5.41, 5.74) is 3.38. The molecule has 0 saturated carbocycles. The summed E-state index contributed by atoms with van der Waals surface area (Å²) in [6, 6.07) is 13.8. The number of hydrogen-bond donors (Lipinski definition) is 3. The first kappa shape index (κ1) is 17.9. The molecule has 0 atom stereocenters. The number of anilines is 2. The number of fused-ring (bicyclic) bond motifs is 2. The van der Waals surface area contributed by atoms with E-state index < -0.39 is 0 Å². The van der Waals surface area contributed by atoms with Crippen LogP contribution in [0, 0.1) is 0 Å². The van der Waals surface area contributed by atoms with Crippen molar-refractivity contribution in [3.05, 3.63) is 58.4 Å². The Morgan fingerprint density at radius 1 is 1.07 bits per heavy atom. The van der Waals surface area contributed by atoms with Gasteiger partial charge >= 0.3 is 0 Å². The van der Waals surface area contributed by atoms with Crippen LogP contribution in [0.5, 0.6) is 11.5 Å². The maximum Gasteiger partial charge on any atom is 0.253 e. The van der Waals surface area contributed by atoms with E-state index in [1.807, 2.05) is 24.3 Å². The van der Waals surface area contributed by atoms with Gasteiger partial charge in [0.15, 0.2) is 11.5 Å². The number of rotatable bonds is 4. The first-order chi connectivity index (χ1) is 14.2. The number of nitrogens with zero attached hydrogens (tertiary/aromatic N) is 1. The van der Waals surface area contributed by atoms with Gasteiger partial charge in [-0.05, 0) is 49.2 Å². The van der Waals surface area contributed by atoms with E-state index in [9.17, 15) is 9.90 Å². The average Bonchev–Trinajstić information content (AvgIpc) is 3.19. The molecule has 1 saturated heterocycles. The minimum absolute atomic E-state index is 0.118. The van der Waals surface area contributed by atoms with Crippen LogP contribution in [0.4, 0.5) is 11.4 Å². The topological polar surface area (TPSA) is 86.8 Å². The zero-order valence-electron chi connectivity index (χ0n) is 16.0. The molecule has 0 radical (unpaired) electrons. The number of piperidine rings is 1. The summed E-state index contributed by atoms with van der Waals surface area (Å²) in [4.78, 5) is 17.7. The lowest BCUT2D eigenvalue weighted by Gasteiger charge is -2.31. The predicted octanol–water partition coefficient (Wildman–Crippen LogP) is 2.83. The Kier molecular flexibility index (Phi) is 4.52. The number of pyridine rings is 1. The van der Waals surface area contributed by atoms with Crippen LogP contribution in [-0.2, 0) is 6.54 Å². The predicted molar refractivity (Wildman–Crippen MR) is 112 cm³/mol. The fraction of sp³-hybridized carbons (Fsp3) is 0.318. The zero-order chi connectivity index (χ0) is 19.8. The number of hydrogen-bond acceptors (Lipinski definition) is 6. The van der Waals surface area contributed by atoms with Gasteiger partial charge in [-0.15, -0.1) is 0 Å². The van der Waals surface area contributed by atoms with Crippen LogP contribution < -0.4 is 25.2 Å². The molecule has 0 bridgehead atoms. The molecule has 150 valence electrons. The Hall–Kier alpha value is -3.19. The molecule has 2 aliphatic rings. The minimum atomic E-state index is -0.174. The van der Waals surface area contributed by atoms with Gasteiger partial charge < -0.3 is 29.8 Å². The van der Waals surface area contributed by atoms with Gasteiger partial charge in [-0.2, -0.15) is 0 Å². The van der Waals surface area contributed by atoms with E-state index in [1.165, 1.54) is 0 Å². The van der Waals surface area contributed by atoms with E-state index in [-0.39, 0.29) is 18.5 Å². The molecule has 0 amide bonds. The molecular weight excluding hydrogens is 370 g/mol. The Balaban J connectivity index is 1.29. The zero-order valence-corrected chi connectivity index (χ0v) is 16.0. The van der Waals surface area contributed by atoms with E-state index in [0.717, 1.165) is 48.2 Å². The molecule has 7 nitrogen and oxygen atoms in total. The summed E-state index contributed by atoms with van der Waals surface area (Å²) in [5.74, 6) is 1.35. The standard InChI is InChI=1S/C22H23N3O4/c26-18-5-7-25(8-6-18)17-3-1-16(2-4-17)23-12-15-9-14-10-20-21(29-13-28-20)11-19(14)24-22(15)27/h1-4,9-11,18,23,26H,5-8,12-13H2,(H,24,27). The highest BCUT2D eigenvalue weighted by molar-refractivity contribution is 5.83. The monoisotopic (exact) mass is 393 g/mol. The van der Waals surface area contributed by atoms with Crippen molar-refractivity contribution < 1.29 is 14.6 Å². The number of aliphatic hydroxyl groups is 1. The normalized spacial score (nSPS) is 16.4. The first-order valence-electron chi connectivity index (χ1n) is 9.88. The van der Waals surface area contributed by atoms with E-state index >= 15 is 0 Å². The molecule has 3 aromatic rings. The van der Waals surface area contributed by atoms with Gasteiger partial charge in [-0.25, -0.2) is 0 Å². The molecule has 0 aliphatic carbocycles. The molecular formula is C22H23N3O4. The first-order valence-corrected chi connectivity index (χ1v) is 9.88. The molecule has 3 heterocycles. The quantitative estimate of drug-likeness (QED) is 0.632. The minimum Gasteiger partial charge on any atom is -0.454 e. The van der Waals surface area contributed by atoms with Crippen molar-refractivity contribution in [3.63, 3.8) is 0 Å². The molecule has 1 aromatic heterocycles.